The van der Waals surface area contributed by atoms with Crippen molar-refractivity contribution in [1.82, 2.24) is 0 Å². The molecule has 1 saturated heterocycles. The van der Waals surface area contributed by atoms with E-state index in [9.17, 15) is 0 Å². The standard InChI is InChI=1S/C5H9ClO2/c6-5-4(3-7)1-2-8-5/h4-5,7H,1-3H2. The van der Waals surface area contributed by atoms with Gasteiger partial charge in [0.15, 0.2) is 0 Å². The maximum absolute atomic E-state index is 8.57. The van der Waals surface area contributed by atoms with Gasteiger partial charge in [-0.15, -0.1) is 0 Å². The molecule has 1 fully saturated rings. The number of hydrogen-bond acceptors (Lipinski definition) is 2. The molecular weight excluding hydrogens is 128 g/mol. The van der Waals surface area contributed by atoms with Gasteiger partial charge in [0.2, 0.25) is 0 Å². The van der Waals surface area contributed by atoms with Crippen LogP contribution < -0.4 is 0 Å². The Morgan fingerprint density at radius 2 is 2.50 bits per heavy atom. The Labute approximate surface area is 53.4 Å². The van der Waals surface area contributed by atoms with Crippen LogP contribution in [0.15, 0.2) is 0 Å². The Hall–Kier alpha value is 0.210. The highest BCUT2D eigenvalue weighted by molar-refractivity contribution is 6.20. The van der Waals surface area contributed by atoms with Gasteiger partial charge in [-0.2, -0.15) is 0 Å². The Balaban J connectivity index is 2.30. The van der Waals surface area contributed by atoms with Gasteiger partial charge < -0.3 is 9.84 Å². The summed E-state index contributed by atoms with van der Waals surface area (Å²) in [4.78, 5) is 0. The van der Waals surface area contributed by atoms with E-state index < -0.39 is 0 Å². The summed E-state index contributed by atoms with van der Waals surface area (Å²) in [7, 11) is 0. The molecule has 0 saturated carbocycles. The highest BCUT2D eigenvalue weighted by atomic mass is 35.5. The molecule has 0 aromatic carbocycles. The molecule has 2 nitrogen and oxygen atoms in total. The third-order valence-electron chi connectivity index (χ3n) is 1.37. The van der Waals surface area contributed by atoms with Crippen molar-refractivity contribution in [3.05, 3.63) is 0 Å². The molecule has 1 aliphatic heterocycles. The summed E-state index contributed by atoms with van der Waals surface area (Å²) in [6.45, 7) is 0.841. The maximum Gasteiger partial charge on any atom is 0.136 e. The van der Waals surface area contributed by atoms with E-state index >= 15 is 0 Å². The van der Waals surface area contributed by atoms with Crippen LogP contribution in [-0.4, -0.2) is 23.9 Å². The molecular formula is C5H9ClO2. The number of rotatable bonds is 1. The van der Waals surface area contributed by atoms with E-state index in [0.717, 1.165) is 6.42 Å². The normalized spacial score (nSPS) is 38.2. The number of hydrogen-bond donors (Lipinski definition) is 1. The van der Waals surface area contributed by atoms with Crippen LogP contribution in [0.25, 0.3) is 0 Å². The van der Waals surface area contributed by atoms with Gasteiger partial charge in [0.25, 0.3) is 0 Å². The van der Waals surface area contributed by atoms with Gasteiger partial charge in [0.05, 0.1) is 0 Å². The van der Waals surface area contributed by atoms with Crippen molar-refractivity contribution in [2.45, 2.75) is 12.0 Å². The number of alkyl halides is 1. The minimum Gasteiger partial charge on any atom is -0.396 e. The quantitative estimate of drug-likeness (QED) is 0.535. The van der Waals surface area contributed by atoms with Crippen LogP contribution in [-0.2, 0) is 4.74 Å². The summed E-state index contributed by atoms with van der Waals surface area (Å²) < 4.78 is 4.96. The molecule has 2 unspecified atom stereocenters. The molecule has 0 aliphatic carbocycles. The Morgan fingerprint density at radius 1 is 1.75 bits per heavy atom. The number of halogens is 1. The van der Waals surface area contributed by atoms with E-state index in [2.05, 4.69) is 0 Å². The Bertz CT molecular complexity index is 76.8. The van der Waals surface area contributed by atoms with Crippen LogP contribution in [0.1, 0.15) is 6.42 Å². The van der Waals surface area contributed by atoms with Crippen LogP contribution in [0.5, 0.6) is 0 Å². The molecule has 1 aliphatic rings. The van der Waals surface area contributed by atoms with Gasteiger partial charge in [-0.3, -0.25) is 0 Å². The molecule has 0 radical (unpaired) electrons. The van der Waals surface area contributed by atoms with Gasteiger partial charge in [-0.1, -0.05) is 11.6 Å². The van der Waals surface area contributed by atoms with Crippen molar-refractivity contribution in [2.24, 2.45) is 5.92 Å². The topological polar surface area (TPSA) is 29.5 Å². The highest BCUT2D eigenvalue weighted by Crippen LogP contribution is 2.22. The van der Waals surface area contributed by atoms with Gasteiger partial charge in [-0.25, -0.2) is 0 Å². The summed E-state index contributed by atoms with van der Waals surface area (Å²) in [5, 5.41) is 8.57. The smallest absolute Gasteiger partial charge is 0.136 e. The maximum atomic E-state index is 8.57. The summed E-state index contributed by atoms with van der Waals surface area (Å²) in [6, 6.07) is 0. The molecule has 8 heavy (non-hydrogen) atoms. The lowest BCUT2D eigenvalue weighted by Crippen LogP contribution is -2.11. The molecule has 1 N–H and O–H groups in total. The average molecular weight is 137 g/mol. The molecule has 2 atom stereocenters. The van der Waals surface area contributed by atoms with E-state index in [4.69, 9.17) is 21.4 Å². The van der Waals surface area contributed by atoms with E-state index in [-0.39, 0.29) is 18.1 Å². The van der Waals surface area contributed by atoms with Crippen LogP contribution >= 0.6 is 11.6 Å². The largest absolute Gasteiger partial charge is 0.396 e. The molecule has 0 aromatic rings. The van der Waals surface area contributed by atoms with Crippen LogP contribution in [0.2, 0.25) is 0 Å². The first-order valence-corrected chi connectivity index (χ1v) is 3.15. The molecule has 48 valence electrons. The van der Waals surface area contributed by atoms with Crippen LogP contribution in [0.4, 0.5) is 0 Å². The van der Waals surface area contributed by atoms with Gasteiger partial charge in [0, 0.05) is 19.1 Å². The minimum absolute atomic E-state index is 0.147. The average Bonchev–Trinajstić information content (AvgIpc) is 2.14. The predicted octanol–water partition coefficient (Wildman–Crippen LogP) is 0.580. The molecule has 0 amide bonds. The van der Waals surface area contributed by atoms with Crippen LogP contribution in [0, 0.1) is 5.92 Å². The number of ether oxygens (including phenoxy) is 1. The highest BCUT2D eigenvalue weighted by Gasteiger charge is 2.24. The summed E-state index contributed by atoms with van der Waals surface area (Å²) in [5.74, 6) is 0.164. The Kier molecular flexibility index (Phi) is 2.11. The zero-order chi connectivity index (χ0) is 5.98. The molecule has 0 aromatic heterocycles. The zero-order valence-electron chi connectivity index (χ0n) is 4.51. The second kappa shape index (κ2) is 2.67. The second-order valence-corrected chi connectivity index (χ2v) is 2.38. The number of aliphatic hydroxyl groups excluding tert-OH is 1. The van der Waals surface area contributed by atoms with E-state index in [1.165, 1.54) is 0 Å². The van der Waals surface area contributed by atoms with Crippen molar-refractivity contribution in [2.75, 3.05) is 13.2 Å². The van der Waals surface area contributed by atoms with Gasteiger partial charge in [0.1, 0.15) is 5.56 Å². The lowest BCUT2D eigenvalue weighted by molar-refractivity contribution is 0.130. The van der Waals surface area contributed by atoms with Crippen molar-refractivity contribution in [3.8, 4) is 0 Å². The fraction of sp³-hybridized carbons (Fsp3) is 1.00. The molecule has 0 bridgehead atoms. The summed E-state index contributed by atoms with van der Waals surface area (Å²) in [5.41, 5.74) is -0.250. The molecule has 1 heterocycles. The molecule has 0 spiro atoms. The van der Waals surface area contributed by atoms with Gasteiger partial charge in [-0.05, 0) is 6.42 Å². The third kappa shape index (κ3) is 1.13. The lowest BCUT2D eigenvalue weighted by atomic mass is 10.1. The SMILES string of the molecule is OCC1CCOC1Cl. The summed E-state index contributed by atoms with van der Waals surface area (Å²) >= 11 is 5.60. The van der Waals surface area contributed by atoms with E-state index in [0.29, 0.717) is 6.61 Å². The first kappa shape index (κ1) is 6.33. The number of aliphatic hydroxyl groups is 1. The summed E-state index contributed by atoms with van der Waals surface area (Å²) in [6.07, 6.45) is 0.894. The first-order valence-electron chi connectivity index (χ1n) is 2.71. The molecule has 1 rings (SSSR count). The minimum atomic E-state index is -0.250. The van der Waals surface area contributed by atoms with Crippen LogP contribution in [0.3, 0.4) is 0 Å². The fourth-order valence-electron chi connectivity index (χ4n) is 0.773. The van der Waals surface area contributed by atoms with Crippen molar-refractivity contribution in [3.63, 3.8) is 0 Å². The lowest BCUT2D eigenvalue weighted by Gasteiger charge is -2.05. The third-order valence-corrected chi connectivity index (χ3v) is 1.85. The van der Waals surface area contributed by atoms with Crippen molar-refractivity contribution >= 4 is 11.6 Å². The second-order valence-electron chi connectivity index (χ2n) is 1.95. The monoisotopic (exact) mass is 136 g/mol. The van der Waals surface area contributed by atoms with E-state index in [1.54, 1.807) is 0 Å². The first-order chi connectivity index (χ1) is 3.84. The Morgan fingerprint density at radius 3 is 2.75 bits per heavy atom. The van der Waals surface area contributed by atoms with Crippen molar-refractivity contribution < 1.29 is 9.84 Å². The predicted molar refractivity (Wildman–Crippen MR) is 30.8 cm³/mol. The molecule has 3 heteroatoms. The fourth-order valence-corrected chi connectivity index (χ4v) is 1.07. The zero-order valence-corrected chi connectivity index (χ0v) is 5.27. The van der Waals surface area contributed by atoms with Crippen molar-refractivity contribution in [1.29, 1.82) is 0 Å². The van der Waals surface area contributed by atoms with E-state index in [1.807, 2.05) is 0 Å². The van der Waals surface area contributed by atoms with Gasteiger partial charge >= 0.3 is 0 Å².